The number of sulfone groups is 1. The van der Waals surface area contributed by atoms with Crippen LogP contribution in [0.5, 0.6) is 0 Å². The van der Waals surface area contributed by atoms with Gasteiger partial charge in [-0.3, -0.25) is 0 Å². The minimum atomic E-state index is -2.90. The second-order valence-electron chi connectivity index (χ2n) is 5.28. The van der Waals surface area contributed by atoms with Crippen molar-refractivity contribution in [1.82, 2.24) is 5.32 Å². The third kappa shape index (κ3) is 4.19. The zero-order valence-corrected chi connectivity index (χ0v) is 13.1. The van der Waals surface area contributed by atoms with Crippen LogP contribution in [0.3, 0.4) is 0 Å². The summed E-state index contributed by atoms with van der Waals surface area (Å²) in [6.45, 7) is 4.74. The Morgan fingerprint density at radius 1 is 1.33 bits per heavy atom. The largest absolute Gasteiger partial charge is 0.368 e. The van der Waals surface area contributed by atoms with E-state index in [1.165, 1.54) is 0 Å². The number of nitriles is 1. The summed E-state index contributed by atoms with van der Waals surface area (Å²) in [6, 6.07) is 8.05. The summed E-state index contributed by atoms with van der Waals surface area (Å²) >= 11 is 0. The molecule has 6 heteroatoms. The molecule has 1 N–H and O–H groups in total. The Labute approximate surface area is 126 Å². The average Bonchev–Trinajstić information content (AvgIpc) is 2.48. The molecule has 114 valence electrons. The van der Waals surface area contributed by atoms with Crippen LogP contribution in [-0.2, 0) is 16.4 Å². The fourth-order valence-corrected chi connectivity index (χ4v) is 3.62. The molecule has 1 aliphatic rings. The monoisotopic (exact) mass is 307 g/mol. The van der Waals surface area contributed by atoms with Crippen LogP contribution in [0.1, 0.15) is 24.5 Å². The molecule has 1 heterocycles. The van der Waals surface area contributed by atoms with Crippen LogP contribution in [0.15, 0.2) is 18.2 Å². The van der Waals surface area contributed by atoms with Crippen LogP contribution < -0.4 is 10.2 Å². The van der Waals surface area contributed by atoms with Gasteiger partial charge < -0.3 is 10.2 Å². The van der Waals surface area contributed by atoms with Gasteiger partial charge >= 0.3 is 0 Å². The molecule has 2 rings (SSSR count). The van der Waals surface area contributed by atoms with E-state index in [1.54, 1.807) is 0 Å². The van der Waals surface area contributed by atoms with Gasteiger partial charge in [0.15, 0.2) is 9.84 Å². The van der Waals surface area contributed by atoms with Crippen LogP contribution >= 0.6 is 0 Å². The van der Waals surface area contributed by atoms with Gasteiger partial charge in [-0.1, -0.05) is 13.0 Å². The molecule has 1 aromatic rings. The van der Waals surface area contributed by atoms with Crippen LogP contribution in [0, 0.1) is 11.3 Å². The topological polar surface area (TPSA) is 73.2 Å². The van der Waals surface area contributed by atoms with Gasteiger partial charge in [0, 0.05) is 19.6 Å². The number of nitrogens with one attached hydrogen (secondary N) is 1. The fraction of sp³-hybridized carbons (Fsp3) is 0.533. The van der Waals surface area contributed by atoms with Crippen molar-refractivity contribution < 1.29 is 8.42 Å². The lowest BCUT2D eigenvalue weighted by atomic mass is 10.1. The van der Waals surface area contributed by atoms with Gasteiger partial charge in [0.05, 0.1) is 22.8 Å². The summed E-state index contributed by atoms with van der Waals surface area (Å²) in [4.78, 5) is 1.99. The van der Waals surface area contributed by atoms with Crippen LogP contribution in [0.2, 0.25) is 0 Å². The van der Waals surface area contributed by atoms with Crippen LogP contribution in [0.25, 0.3) is 0 Å². The minimum Gasteiger partial charge on any atom is -0.368 e. The Balaban J connectivity index is 2.12. The van der Waals surface area contributed by atoms with E-state index in [2.05, 4.69) is 18.3 Å². The zero-order chi connectivity index (χ0) is 15.3. The van der Waals surface area contributed by atoms with Crippen molar-refractivity contribution in [2.75, 3.05) is 36.0 Å². The van der Waals surface area contributed by atoms with Crippen molar-refractivity contribution in [3.8, 4) is 6.07 Å². The van der Waals surface area contributed by atoms with E-state index >= 15 is 0 Å². The van der Waals surface area contributed by atoms with Crippen molar-refractivity contribution >= 4 is 15.5 Å². The smallest absolute Gasteiger partial charge is 0.153 e. The van der Waals surface area contributed by atoms with E-state index in [9.17, 15) is 13.7 Å². The average molecular weight is 307 g/mol. The van der Waals surface area contributed by atoms with Crippen molar-refractivity contribution in [2.24, 2.45) is 0 Å². The molecule has 1 saturated heterocycles. The standard InChI is InChI=1S/C15H21N3O2S/c1-2-5-17-12-13-3-4-15(14(10-13)11-16)18-6-8-21(19,20)9-7-18/h3-4,10,17H,2,5-9,12H2,1H3. The van der Waals surface area contributed by atoms with Crippen LogP contribution in [0.4, 0.5) is 5.69 Å². The van der Waals surface area contributed by atoms with E-state index in [0.717, 1.165) is 30.8 Å². The van der Waals surface area contributed by atoms with Crippen LogP contribution in [-0.4, -0.2) is 39.6 Å². The maximum Gasteiger partial charge on any atom is 0.153 e. The maximum atomic E-state index is 11.5. The van der Waals surface area contributed by atoms with Gasteiger partial charge in [0.1, 0.15) is 6.07 Å². The van der Waals surface area contributed by atoms with E-state index in [1.807, 2.05) is 23.1 Å². The summed E-state index contributed by atoms with van der Waals surface area (Å²) < 4.78 is 23.0. The van der Waals surface area contributed by atoms with Crippen molar-refractivity contribution in [3.63, 3.8) is 0 Å². The zero-order valence-electron chi connectivity index (χ0n) is 12.3. The molecular formula is C15H21N3O2S. The normalized spacial score (nSPS) is 17.4. The quantitative estimate of drug-likeness (QED) is 0.830. The van der Waals surface area contributed by atoms with Crippen molar-refractivity contribution in [1.29, 1.82) is 5.26 Å². The first-order valence-corrected chi connectivity index (χ1v) is 9.07. The summed E-state index contributed by atoms with van der Waals surface area (Å²) in [6.07, 6.45) is 1.07. The van der Waals surface area contributed by atoms with Gasteiger partial charge in [0.25, 0.3) is 0 Å². The first-order valence-electron chi connectivity index (χ1n) is 7.25. The lowest BCUT2D eigenvalue weighted by Gasteiger charge is -2.29. The Morgan fingerprint density at radius 2 is 2.05 bits per heavy atom. The molecule has 1 aliphatic heterocycles. The second kappa shape index (κ2) is 6.92. The second-order valence-corrected chi connectivity index (χ2v) is 7.58. The molecule has 0 atom stereocenters. The predicted molar refractivity (Wildman–Crippen MR) is 84.0 cm³/mol. The summed E-state index contributed by atoms with van der Waals surface area (Å²) in [7, 11) is -2.90. The van der Waals surface area contributed by atoms with Gasteiger partial charge in [-0.05, 0) is 30.7 Å². The van der Waals surface area contributed by atoms with E-state index in [-0.39, 0.29) is 11.5 Å². The van der Waals surface area contributed by atoms with E-state index < -0.39 is 9.84 Å². The number of hydrogen-bond donors (Lipinski definition) is 1. The van der Waals surface area contributed by atoms with E-state index in [0.29, 0.717) is 18.7 Å². The number of anilines is 1. The Hall–Kier alpha value is -1.58. The molecule has 0 aliphatic carbocycles. The molecule has 0 aromatic heterocycles. The molecule has 0 spiro atoms. The van der Waals surface area contributed by atoms with Gasteiger partial charge in [-0.15, -0.1) is 0 Å². The van der Waals surface area contributed by atoms with Crippen molar-refractivity contribution in [3.05, 3.63) is 29.3 Å². The SMILES string of the molecule is CCCNCc1ccc(N2CCS(=O)(=O)CC2)c(C#N)c1. The molecule has 21 heavy (non-hydrogen) atoms. The predicted octanol–water partition coefficient (Wildman–Crippen LogP) is 1.29. The first kappa shape index (κ1) is 15.8. The third-order valence-corrected chi connectivity index (χ3v) is 5.23. The molecular weight excluding hydrogens is 286 g/mol. The van der Waals surface area contributed by atoms with E-state index in [4.69, 9.17) is 0 Å². The molecule has 5 nitrogen and oxygen atoms in total. The lowest BCUT2D eigenvalue weighted by molar-refractivity contribution is 0.586. The highest BCUT2D eigenvalue weighted by Gasteiger charge is 2.23. The summed E-state index contributed by atoms with van der Waals surface area (Å²) in [5, 5.41) is 12.6. The highest BCUT2D eigenvalue weighted by molar-refractivity contribution is 7.91. The summed E-state index contributed by atoms with van der Waals surface area (Å²) in [5.74, 6) is 0.329. The van der Waals surface area contributed by atoms with Gasteiger partial charge in [0.2, 0.25) is 0 Å². The van der Waals surface area contributed by atoms with Crippen molar-refractivity contribution in [2.45, 2.75) is 19.9 Å². The Morgan fingerprint density at radius 3 is 2.67 bits per heavy atom. The van der Waals surface area contributed by atoms with Gasteiger partial charge in [-0.2, -0.15) is 5.26 Å². The molecule has 1 aromatic carbocycles. The summed E-state index contributed by atoms with van der Waals surface area (Å²) in [5.41, 5.74) is 2.53. The number of nitrogens with zero attached hydrogens (tertiary/aromatic N) is 2. The third-order valence-electron chi connectivity index (χ3n) is 3.62. The minimum absolute atomic E-state index is 0.164. The fourth-order valence-electron chi connectivity index (χ4n) is 2.42. The highest BCUT2D eigenvalue weighted by Crippen LogP contribution is 2.23. The molecule has 0 saturated carbocycles. The molecule has 0 amide bonds. The highest BCUT2D eigenvalue weighted by atomic mass is 32.2. The number of hydrogen-bond acceptors (Lipinski definition) is 5. The van der Waals surface area contributed by atoms with Gasteiger partial charge in [-0.25, -0.2) is 8.42 Å². The molecule has 0 radical (unpaired) electrons. The maximum absolute atomic E-state index is 11.5. The first-order chi connectivity index (χ1) is 10.1. The molecule has 0 unspecified atom stereocenters. The number of benzene rings is 1. The Kier molecular flexibility index (Phi) is 5.21. The Bertz CT molecular complexity index is 621. The lowest BCUT2D eigenvalue weighted by Crippen LogP contribution is -2.40. The molecule has 0 bridgehead atoms. The molecule has 1 fully saturated rings. The number of rotatable bonds is 5.